The monoisotopic (exact) mass is 752 g/mol. The van der Waals surface area contributed by atoms with E-state index in [1.807, 2.05) is 0 Å². The van der Waals surface area contributed by atoms with Crippen molar-refractivity contribution in [2.24, 2.45) is 5.92 Å². The fourth-order valence-electron chi connectivity index (χ4n) is 7.09. The number of amides is 3. The molecule has 3 aromatic carbocycles. The van der Waals surface area contributed by atoms with Crippen LogP contribution in [0, 0.1) is 5.92 Å². The van der Waals surface area contributed by atoms with Crippen LogP contribution in [0.25, 0.3) is 0 Å². The molecular formula is C46H60N2O7. The molecule has 1 fully saturated rings. The maximum Gasteiger partial charge on any atom is 0.338 e. The number of benzene rings is 3. The number of carbonyl (C=O) groups excluding carboxylic acids is 5. The van der Waals surface area contributed by atoms with Crippen molar-refractivity contribution in [3.8, 4) is 5.75 Å². The molecule has 0 radical (unpaired) electrons. The van der Waals surface area contributed by atoms with E-state index in [1.54, 1.807) is 66.7 Å². The van der Waals surface area contributed by atoms with Crippen molar-refractivity contribution in [2.75, 3.05) is 11.9 Å². The van der Waals surface area contributed by atoms with Crippen molar-refractivity contribution in [3.63, 3.8) is 0 Å². The van der Waals surface area contributed by atoms with Crippen LogP contribution in [-0.2, 0) is 19.1 Å². The van der Waals surface area contributed by atoms with Crippen LogP contribution in [0.5, 0.6) is 5.75 Å². The molecule has 9 nitrogen and oxygen atoms in total. The van der Waals surface area contributed by atoms with Gasteiger partial charge in [-0.1, -0.05) is 165 Å². The van der Waals surface area contributed by atoms with Crippen LogP contribution in [-0.4, -0.2) is 46.7 Å². The smallest absolute Gasteiger partial charge is 0.338 e. The van der Waals surface area contributed by atoms with Crippen molar-refractivity contribution < 1.29 is 33.4 Å². The van der Waals surface area contributed by atoms with Crippen LogP contribution in [0.4, 0.5) is 5.69 Å². The molecule has 55 heavy (non-hydrogen) atoms. The summed E-state index contributed by atoms with van der Waals surface area (Å²) in [5.41, 5.74) is -2.26. The maximum absolute atomic E-state index is 14.7. The summed E-state index contributed by atoms with van der Waals surface area (Å²) in [6, 6.07) is 22.4. The summed E-state index contributed by atoms with van der Waals surface area (Å²) in [7, 11) is 0. The quantitative estimate of drug-likeness (QED) is 0.0285. The molecule has 2 atom stereocenters. The average Bonchev–Trinajstić information content (AvgIpc) is 3.49. The Bertz CT molecular complexity index is 1660. The van der Waals surface area contributed by atoms with E-state index in [4.69, 9.17) is 9.47 Å². The van der Waals surface area contributed by atoms with Gasteiger partial charge in [-0.05, 0) is 43.2 Å². The number of carbonyl (C=O) groups is 5. The molecule has 0 bridgehead atoms. The van der Waals surface area contributed by atoms with E-state index in [-0.39, 0.29) is 35.6 Å². The van der Waals surface area contributed by atoms with Gasteiger partial charge in [0.2, 0.25) is 17.6 Å². The first-order chi connectivity index (χ1) is 26.8. The predicted octanol–water partition coefficient (Wildman–Crippen LogP) is 10.5. The van der Waals surface area contributed by atoms with Crippen molar-refractivity contribution >= 4 is 35.2 Å². The van der Waals surface area contributed by atoms with Gasteiger partial charge in [-0.3, -0.25) is 19.2 Å². The van der Waals surface area contributed by atoms with E-state index < -0.39 is 41.1 Å². The number of unbranched alkanes of at least 4 members (excludes halogenated alkanes) is 14. The van der Waals surface area contributed by atoms with Crippen LogP contribution in [0.1, 0.15) is 150 Å². The first kappa shape index (κ1) is 42.9. The van der Waals surface area contributed by atoms with Crippen LogP contribution >= 0.6 is 0 Å². The third-order valence-electron chi connectivity index (χ3n) is 10.2. The van der Waals surface area contributed by atoms with E-state index >= 15 is 0 Å². The highest BCUT2D eigenvalue weighted by Crippen LogP contribution is 2.36. The number of anilines is 1. The number of hydrogen-bond acceptors (Lipinski definition) is 7. The number of ketones is 1. The lowest BCUT2D eigenvalue weighted by atomic mass is 9.96. The predicted molar refractivity (Wildman–Crippen MR) is 216 cm³/mol. The highest BCUT2D eigenvalue weighted by atomic mass is 16.5. The van der Waals surface area contributed by atoms with Gasteiger partial charge >= 0.3 is 11.7 Å². The molecule has 1 N–H and O–H groups in total. The van der Waals surface area contributed by atoms with Gasteiger partial charge in [-0.15, -0.1) is 0 Å². The minimum absolute atomic E-state index is 0.0794. The third kappa shape index (κ3) is 12.6. The Morgan fingerprint density at radius 3 is 1.84 bits per heavy atom. The minimum atomic E-state index is -2.72. The number of para-hydroxylation sites is 1. The lowest BCUT2D eigenvalue weighted by Crippen LogP contribution is -2.67. The first-order valence-corrected chi connectivity index (χ1v) is 20.6. The third-order valence-corrected chi connectivity index (χ3v) is 10.2. The zero-order chi connectivity index (χ0) is 39.3. The molecule has 0 aromatic heterocycles. The largest absolute Gasteiger partial charge is 0.462 e. The lowest BCUT2D eigenvalue weighted by Gasteiger charge is -2.37. The summed E-state index contributed by atoms with van der Waals surface area (Å²) >= 11 is 0. The van der Waals surface area contributed by atoms with Crippen molar-refractivity contribution in [3.05, 3.63) is 96.1 Å². The van der Waals surface area contributed by atoms with Crippen LogP contribution in [0.2, 0.25) is 0 Å². The molecule has 1 saturated heterocycles. The normalized spacial score (nSPS) is 15.1. The second-order valence-corrected chi connectivity index (χ2v) is 14.6. The summed E-state index contributed by atoms with van der Waals surface area (Å²) in [5, 5.41) is 2.72. The Morgan fingerprint density at radius 1 is 0.673 bits per heavy atom. The van der Waals surface area contributed by atoms with Gasteiger partial charge in [0.25, 0.3) is 5.91 Å². The molecule has 0 spiro atoms. The van der Waals surface area contributed by atoms with Crippen LogP contribution in [0.15, 0.2) is 84.9 Å². The molecule has 3 amide bonds. The molecule has 296 valence electrons. The second-order valence-electron chi connectivity index (χ2n) is 14.6. The fraction of sp³-hybridized carbons (Fsp3) is 0.500. The van der Waals surface area contributed by atoms with Gasteiger partial charge in [0, 0.05) is 23.6 Å². The lowest BCUT2D eigenvalue weighted by molar-refractivity contribution is -0.163. The SMILES string of the molecule is CCCCCCCCCCCCCCOC(=O)c1cccc(NC(=O)C(Oc2ccccc2)(C(=O)c2ccccc2)N2C(=O)CC(CCCCCC)C2=O)c1. The van der Waals surface area contributed by atoms with Gasteiger partial charge in [-0.25, -0.2) is 9.69 Å². The number of likely N-dealkylation sites (tertiary alicyclic amines) is 1. The number of nitrogens with zero attached hydrogens (tertiary/aromatic N) is 1. The number of nitrogens with one attached hydrogen (secondary N) is 1. The topological polar surface area (TPSA) is 119 Å². The summed E-state index contributed by atoms with van der Waals surface area (Å²) < 4.78 is 11.9. The first-order valence-electron chi connectivity index (χ1n) is 20.6. The molecule has 0 saturated carbocycles. The van der Waals surface area contributed by atoms with Gasteiger partial charge in [0.1, 0.15) is 5.75 Å². The van der Waals surface area contributed by atoms with E-state index in [1.165, 1.54) is 76.0 Å². The maximum atomic E-state index is 14.7. The molecule has 4 rings (SSSR count). The Kier molecular flexibility index (Phi) is 18.1. The summed E-state index contributed by atoms with van der Waals surface area (Å²) in [6.45, 7) is 4.61. The Balaban J connectivity index is 1.47. The van der Waals surface area contributed by atoms with Crippen LogP contribution in [0.3, 0.4) is 0 Å². The molecule has 2 unspecified atom stereocenters. The molecule has 0 aliphatic carbocycles. The Labute approximate surface area is 327 Å². The molecule has 1 heterocycles. The van der Waals surface area contributed by atoms with Gasteiger partial charge in [0.15, 0.2) is 0 Å². The minimum Gasteiger partial charge on any atom is -0.462 e. The van der Waals surface area contributed by atoms with Crippen molar-refractivity contribution in [1.29, 1.82) is 0 Å². The van der Waals surface area contributed by atoms with Gasteiger partial charge in [-0.2, -0.15) is 0 Å². The van der Waals surface area contributed by atoms with Crippen molar-refractivity contribution in [2.45, 2.75) is 135 Å². The number of Topliss-reactive ketones (excluding diaryl/α,β-unsaturated/α-hetero) is 1. The van der Waals surface area contributed by atoms with Gasteiger partial charge in [0.05, 0.1) is 12.2 Å². The molecule has 1 aliphatic heterocycles. The average molecular weight is 753 g/mol. The second kappa shape index (κ2) is 23.2. The Morgan fingerprint density at radius 2 is 1.22 bits per heavy atom. The fourth-order valence-corrected chi connectivity index (χ4v) is 7.09. The summed E-state index contributed by atoms with van der Waals surface area (Å²) in [6.07, 6.45) is 18.4. The molecule has 9 heteroatoms. The van der Waals surface area contributed by atoms with E-state index in [9.17, 15) is 24.0 Å². The zero-order valence-electron chi connectivity index (χ0n) is 32.9. The highest BCUT2D eigenvalue weighted by molar-refractivity contribution is 6.25. The van der Waals surface area contributed by atoms with Gasteiger partial charge < -0.3 is 14.8 Å². The molecule has 1 aliphatic rings. The van der Waals surface area contributed by atoms with E-state index in [0.717, 1.165) is 49.8 Å². The van der Waals surface area contributed by atoms with Crippen molar-refractivity contribution in [1.82, 2.24) is 4.90 Å². The summed E-state index contributed by atoms with van der Waals surface area (Å²) in [5.74, 6) is -4.34. The van der Waals surface area contributed by atoms with Crippen LogP contribution < -0.4 is 10.1 Å². The standard InChI is InChI=1S/C46H60N2O7/c1-3-5-7-9-10-11-12-13-14-15-16-24-33-54-44(52)38-29-25-30-39(34-38)47-45(53)46(55-40-31-22-18-23-32-40,42(50)36-26-20-17-21-27-36)48-41(49)35-37(43(48)51)28-19-8-6-4-2/h17-18,20-23,25-27,29-32,34,37H,3-16,19,24,28,33,35H2,1-2H3,(H,47,53). The zero-order valence-corrected chi connectivity index (χ0v) is 32.9. The number of hydrogen-bond donors (Lipinski definition) is 1. The molecular weight excluding hydrogens is 693 g/mol. The van der Waals surface area contributed by atoms with E-state index in [0.29, 0.717) is 6.42 Å². The number of esters is 1. The Hall–Kier alpha value is -4.79. The van der Waals surface area contributed by atoms with E-state index in [2.05, 4.69) is 19.2 Å². The number of rotatable bonds is 26. The highest BCUT2D eigenvalue weighted by Gasteiger charge is 2.62. The number of ether oxygens (including phenoxy) is 2. The molecule has 3 aromatic rings. The number of imide groups is 1. The summed E-state index contributed by atoms with van der Waals surface area (Å²) in [4.78, 5) is 71.2.